The summed E-state index contributed by atoms with van der Waals surface area (Å²) in [5.41, 5.74) is 8.19. The number of aromatic amines is 1. The van der Waals surface area contributed by atoms with E-state index in [0.717, 1.165) is 5.56 Å². The molecule has 1 aromatic carbocycles. The highest BCUT2D eigenvalue weighted by molar-refractivity contribution is 5.92. The lowest BCUT2D eigenvalue weighted by atomic mass is 10.1. The highest BCUT2D eigenvalue weighted by Gasteiger charge is 2.22. The fourth-order valence-corrected chi connectivity index (χ4v) is 3.98. The molecule has 3 aromatic rings. The number of piperazine rings is 1. The zero-order valence-corrected chi connectivity index (χ0v) is 17.7. The number of primary amides is 1. The number of alkyl halides is 1. The number of halogens is 2. The molecule has 0 unspecified atom stereocenters. The lowest BCUT2D eigenvalue weighted by Gasteiger charge is -2.36. The molecule has 2 aromatic heterocycles. The maximum Gasteiger partial charge on any atom is 0.270 e. The number of H-pyrrole nitrogens is 1. The number of nitrogens with zero attached hydrogens (tertiary/aromatic N) is 4. The van der Waals surface area contributed by atoms with Gasteiger partial charge in [-0.1, -0.05) is 6.07 Å². The van der Waals surface area contributed by atoms with Crippen molar-refractivity contribution in [1.29, 1.82) is 0 Å². The smallest absolute Gasteiger partial charge is 0.270 e. The Morgan fingerprint density at radius 1 is 1.19 bits per heavy atom. The zero-order chi connectivity index (χ0) is 22.8. The zero-order valence-electron chi connectivity index (χ0n) is 17.7. The Kier molecular flexibility index (Phi) is 6.13. The molecule has 1 aliphatic heterocycles. The van der Waals surface area contributed by atoms with Gasteiger partial charge in [-0.25, -0.2) is 9.97 Å². The van der Waals surface area contributed by atoms with Crippen molar-refractivity contribution >= 4 is 22.6 Å². The molecule has 8 nitrogen and oxygen atoms in total. The number of nitrogens with two attached hydrogens (primary N) is 1. The fraction of sp³-hybridized carbons (Fsp3) is 0.364. The third kappa shape index (κ3) is 4.45. The van der Waals surface area contributed by atoms with Gasteiger partial charge in [0.15, 0.2) is 0 Å². The van der Waals surface area contributed by atoms with Gasteiger partial charge in [0.05, 0.1) is 23.4 Å². The van der Waals surface area contributed by atoms with Crippen LogP contribution in [0.15, 0.2) is 29.1 Å². The van der Waals surface area contributed by atoms with E-state index in [1.165, 1.54) is 0 Å². The Balaban J connectivity index is 1.43. The van der Waals surface area contributed by atoms with Gasteiger partial charge in [-0.2, -0.15) is 4.39 Å². The van der Waals surface area contributed by atoms with Crippen LogP contribution in [0.1, 0.15) is 27.3 Å². The number of hydrogen-bond acceptors (Lipinski definition) is 6. The van der Waals surface area contributed by atoms with Crippen molar-refractivity contribution in [2.24, 2.45) is 5.73 Å². The third-order valence-electron chi connectivity index (χ3n) is 5.66. The molecule has 0 saturated carbocycles. The Hall–Kier alpha value is -3.40. The summed E-state index contributed by atoms with van der Waals surface area (Å²) in [6.45, 7) is 4.35. The summed E-state index contributed by atoms with van der Waals surface area (Å²) in [7, 11) is 0. The predicted molar refractivity (Wildman–Crippen MR) is 117 cm³/mol. The van der Waals surface area contributed by atoms with Crippen molar-refractivity contribution in [2.75, 3.05) is 37.8 Å². The highest BCUT2D eigenvalue weighted by Crippen LogP contribution is 2.23. The lowest BCUT2D eigenvalue weighted by molar-refractivity contribution is 0.0994. The standard InChI is InChI=1S/C22H24F2N6O2/c1-13-10-18(20(24)28-19(13)21(25)31)30-8-6-29(7-9-30)12-14-2-3-15-17(11-14)27-22(32)16(26-15)4-5-23/h2-3,10-11H,4-9,12H2,1H3,(H2,25,31)(H,27,32). The number of pyridine rings is 1. The molecule has 1 aliphatic rings. The first kappa shape index (κ1) is 21.8. The molecule has 32 heavy (non-hydrogen) atoms. The van der Waals surface area contributed by atoms with Gasteiger partial charge in [-0.3, -0.25) is 18.9 Å². The average molecular weight is 442 g/mol. The number of hydrogen-bond donors (Lipinski definition) is 2. The van der Waals surface area contributed by atoms with Gasteiger partial charge >= 0.3 is 0 Å². The summed E-state index contributed by atoms with van der Waals surface area (Å²) in [5.74, 6) is -1.45. The fourth-order valence-electron chi connectivity index (χ4n) is 3.98. The first-order valence-corrected chi connectivity index (χ1v) is 10.4. The number of benzene rings is 1. The summed E-state index contributed by atoms with van der Waals surface area (Å²) < 4.78 is 27.0. The van der Waals surface area contributed by atoms with E-state index in [4.69, 9.17) is 5.73 Å². The number of carbonyl (C=O) groups excluding carboxylic acids is 1. The molecule has 0 radical (unpaired) electrons. The maximum atomic E-state index is 14.4. The van der Waals surface area contributed by atoms with Gasteiger partial charge in [-0.15, -0.1) is 0 Å². The minimum atomic E-state index is -0.747. The average Bonchev–Trinajstić information content (AvgIpc) is 2.76. The van der Waals surface area contributed by atoms with Crippen LogP contribution in [-0.4, -0.2) is 58.6 Å². The van der Waals surface area contributed by atoms with Crippen molar-refractivity contribution in [3.8, 4) is 0 Å². The van der Waals surface area contributed by atoms with Crippen LogP contribution >= 0.6 is 0 Å². The van der Waals surface area contributed by atoms with Crippen molar-refractivity contribution < 1.29 is 13.6 Å². The van der Waals surface area contributed by atoms with Gasteiger partial charge in [0, 0.05) is 39.1 Å². The number of aryl methyl sites for hydroxylation is 2. The van der Waals surface area contributed by atoms with Crippen LogP contribution in [0.4, 0.5) is 14.5 Å². The van der Waals surface area contributed by atoms with Crippen LogP contribution in [0.25, 0.3) is 11.0 Å². The minimum Gasteiger partial charge on any atom is -0.365 e. The molecule has 0 aliphatic carbocycles. The molecule has 10 heteroatoms. The number of fused-ring (bicyclic) bond motifs is 1. The van der Waals surface area contributed by atoms with Crippen molar-refractivity contribution in [3.05, 3.63) is 63.1 Å². The SMILES string of the molecule is Cc1cc(N2CCN(Cc3ccc4nc(CCF)c(=O)[nH]c4c3)CC2)c(F)nc1C(N)=O. The number of carbonyl (C=O) groups is 1. The second kappa shape index (κ2) is 8.99. The molecule has 0 bridgehead atoms. The van der Waals surface area contributed by atoms with Crippen molar-refractivity contribution in [2.45, 2.75) is 19.9 Å². The second-order valence-corrected chi connectivity index (χ2v) is 7.89. The van der Waals surface area contributed by atoms with Crippen LogP contribution in [0, 0.1) is 12.9 Å². The molecule has 4 rings (SSSR count). The molecule has 0 atom stereocenters. The third-order valence-corrected chi connectivity index (χ3v) is 5.66. The van der Waals surface area contributed by atoms with E-state index in [1.54, 1.807) is 13.0 Å². The number of nitrogens with one attached hydrogen (secondary N) is 1. The summed E-state index contributed by atoms with van der Waals surface area (Å²) in [5, 5.41) is 0. The monoisotopic (exact) mass is 442 g/mol. The van der Waals surface area contributed by atoms with E-state index in [1.807, 2.05) is 23.1 Å². The Bertz CT molecular complexity index is 1220. The molecule has 1 saturated heterocycles. The number of amides is 1. The number of rotatable bonds is 6. The largest absolute Gasteiger partial charge is 0.365 e. The summed E-state index contributed by atoms with van der Waals surface area (Å²) in [6, 6.07) is 7.25. The van der Waals surface area contributed by atoms with Crippen LogP contribution in [0.5, 0.6) is 0 Å². The van der Waals surface area contributed by atoms with E-state index in [9.17, 15) is 18.4 Å². The summed E-state index contributed by atoms with van der Waals surface area (Å²) in [6.07, 6.45) is -0.00179. The summed E-state index contributed by atoms with van der Waals surface area (Å²) >= 11 is 0. The van der Waals surface area contributed by atoms with Crippen LogP contribution in [-0.2, 0) is 13.0 Å². The minimum absolute atomic E-state index is 0.00179. The molecular formula is C22H24F2N6O2. The lowest BCUT2D eigenvalue weighted by Crippen LogP contribution is -2.46. The van der Waals surface area contributed by atoms with E-state index >= 15 is 0 Å². The first-order chi connectivity index (χ1) is 15.4. The topological polar surface area (TPSA) is 108 Å². The van der Waals surface area contributed by atoms with E-state index in [0.29, 0.717) is 55.0 Å². The maximum absolute atomic E-state index is 14.4. The van der Waals surface area contributed by atoms with E-state index < -0.39 is 18.5 Å². The van der Waals surface area contributed by atoms with Crippen LogP contribution in [0.2, 0.25) is 0 Å². The molecule has 3 N–H and O–H groups in total. The van der Waals surface area contributed by atoms with Gasteiger partial charge in [0.25, 0.3) is 11.5 Å². The number of aromatic nitrogens is 3. The van der Waals surface area contributed by atoms with Gasteiger partial charge in [-0.05, 0) is 36.2 Å². The second-order valence-electron chi connectivity index (χ2n) is 7.89. The molecule has 1 fully saturated rings. The molecule has 0 spiro atoms. The molecular weight excluding hydrogens is 418 g/mol. The van der Waals surface area contributed by atoms with E-state index in [2.05, 4.69) is 19.9 Å². The molecule has 168 valence electrons. The highest BCUT2D eigenvalue weighted by atomic mass is 19.1. The van der Waals surface area contributed by atoms with Crippen LogP contribution in [0.3, 0.4) is 0 Å². The Labute approximate surface area is 183 Å². The van der Waals surface area contributed by atoms with Crippen molar-refractivity contribution in [1.82, 2.24) is 19.9 Å². The van der Waals surface area contributed by atoms with Gasteiger partial charge in [0.2, 0.25) is 5.95 Å². The van der Waals surface area contributed by atoms with Crippen LogP contribution < -0.4 is 16.2 Å². The molecule has 3 heterocycles. The number of anilines is 1. The van der Waals surface area contributed by atoms with Crippen molar-refractivity contribution in [3.63, 3.8) is 0 Å². The van der Waals surface area contributed by atoms with Gasteiger partial charge < -0.3 is 15.6 Å². The quantitative estimate of drug-likeness (QED) is 0.563. The normalized spacial score (nSPS) is 14.8. The first-order valence-electron chi connectivity index (χ1n) is 10.4. The Morgan fingerprint density at radius 2 is 1.94 bits per heavy atom. The molecule has 1 amide bonds. The van der Waals surface area contributed by atoms with Gasteiger partial charge in [0.1, 0.15) is 11.4 Å². The predicted octanol–water partition coefficient (Wildman–Crippen LogP) is 1.70. The summed E-state index contributed by atoms with van der Waals surface area (Å²) in [4.78, 5) is 38.3. The van der Waals surface area contributed by atoms with E-state index in [-0.39, 0.29) is 23.4 Å². The Morgan fingerprint density at radius 3 is 2.62 bits per heavy atom.